The largest absolute Gasteiger partial charge is 0.395 e. The second-order valence-electron chi connectivity index (χ2n) is 6.02. The first-order valence-corrected chi connectivity index (χ1v) is 9.99. The van der Waals surface area contributed by atoms with Gasteiger partial charge < -0.3 is 5.11 Å². The van der Waals surface area contributed by atoms with Crippen LogP contribution in [0.15, 0.2) is 41.3 Å². The molecule has 2 atom stereocenters. The van der Waals surface area contributed by atoms with E-state index in [0.717, 1.165) is 12.1 Å². The maximum absolute atomic E-state index is 13.7. The Morgan fingerprint density at radius 3 is 2.19 bits per heavy atom. The van der Waals surface area contributed by atoms with E-state index >= 15 is 0 Å². The van der Waals surface area contributed by atoms with Gasteiger partial charge in [0.1, 0.15) is 5.82 Å². The molecule has 0 amide bonds. The van der Waals surface area contributed by atoms with E-state index in [4.69, 9.17) is 23.2 Å². The SMILES string of the molecule is O=S(=O)(c1cc(Cl)c(F)c(Cl)c1)N1[C@H](CO)CC[C@@H]1c1ccc(F)cc1. The Balaban J connectivity index is 2.08. The van der Waals surface area contributed by atoms with Crippen LogP contribution in [0.1, 0.15) is 24.4 Å². The molecule has 26 heavy (non-hydrogen) atoms. The third-order valence-corrected chi connectivity index (χ3v) is 6.93. The molecule has 1 heterocycles. The van der Waals surface area contributed by atoms with Crippen LogP contribution in [-0.4, -0.2) is 30.5 Å². The number of aliphatic hydroxyl groups is 1. The Labute approximate surface area is 160 Å². The molecule has 1 saturated heterocycles. The highest BCUT2D eigenvalue weighted by Gasteiger charge is 2.43. The lowest BCUT2D eigenvalue weighted by Crippen LogP contribution is -2.39. The number of halogens is 4. The summed E-state index contributed by atoms with van der Waals surface area (Å²) >= 11 is 11.5. The van der Waals surface area contributed by atoms with Crippen LogP contribution in [0, 0.1) is 11.6 Å². The lowest BCUT2D eigenvalue weighted by atomic mass is 10.1. The van der Waals surface area contributed by atoms with Crippen molar-refractivity contribution in [2.75, 3.05) is 6.61 Å². The van der Waals surface area contributed by atoms with Crippen molar-refractivity contribution < 1.29 is 22.3 Å². The Morgan fingerprint density at radius 2 is 1.65 bits per heavy atom. The Hall–Kier alpha value is -1.25. The fraction of sp³-hybridized carbons (Fsp3) is 0.294. The summed E-state index contributed by atoms with van der Waals surface area (Å²) in [6.07, 6.45) is 0.888. The van der Waals surface area contributed by atoms with Crippen molar-refractivity contribution in [2.45, 2.75) is 29.8 Å². The van der Waals surface area contributed by atoms with Crippen molar-refractivity contribution in [3.63, 3.8) is 0 Å². The summed E-state index contributed by atoms with van der Waals surface area (Å²) < 4.78 is 54.4. The zero-order chi connectivity index (χ0) is 19.1. The molecule has 2 aromatic rings. The summed E-state index contributed by atoms with van der Waals surface area (Å²) in [6.45, 7) is -0.375. The van der Waals surface area contributed by atoms with E-state index < -0.39 is 43.8 Å². The molecular formula is C17H15Cl2F2NO3S. The topological polar surface area (TPSA) is 57.6 Å². The van der Waals surface area contributed by atoms with Crippen LogP contribution in [-0.2, 0) is 10.0 Å². The maximum Gasteiger partial charge on any atom is 0.244 e. The van der Waals surface area contributed by atoms with Gasteiger partial charge in [-0.1, -0.05) is 35.3 Å². The van der Waals surface area contributed by atoms with Gasteiger partial charge in [0.2, 0.25) is 10.0 Å². The van der Waals surface area contributed by atoms with Crippen LogP contribution in [0.2, 0.25) is 10.0 Å². The van der Waals surface area contributed by atoms with Gasteiger partial charge in [-0.2, -0.15) is 4.31 Å². The minimum atomic E-state index is -4.13. The van der Waals surface area contributed by atoms with E-state index in [1.54, 1.807) is 0 Å². The van der Waals surface area contributed by atoms with E-state index in [2.05, 4.69) is 0 Å². The fourth-order valence-electron chi connectivity index (χ4n) is 3.20. The summed E-state index contributed by atoms with van der Waals surface area (Å²) in [5.41, 5.74) is 0.602. The van der Waals surface area contributed by atoms with Crippen molar-refractivity contribution in [1.82, 2.24) is 4.31 Å². The maximum atomic E-state index is 13.7. The van der Waals surface area contributed by atoms with Gasteiger partial charge in [-0.05, 0) is 42.7 Å². The third kappa shape index (κ3) is 3.46. The Kier molecular flexibility index (Phi) is 5.55. The molecule has 1 fully saturated rings. The van der Waals surface area contributed by atoms with Gasteiger partial charge in [-0.3, -0.25) is 0 Å². The number of nitrogens with zero attached hydrogens (tertiary/aromatic N) is 1. The van der Waals surface area contributed by atoms with Crippen LogP contribution in [0.25, 0.3) is 0 Å². The zero-order valence-corrected chi connectivity index (χ0v) is 15.7. The van der Waals surface area contributed by atoms with Gasteiger partial charge >= 0.3 is 0 Å². The van der Waals surface area contributed by atoms with Gasteiger partial charge in [0.25, 0.3) is 0 Å². The monoisotopic (exact) mass is 421 g/mol. The molecule has 0 saturated carbocycles. The molecule has 2 aromatic carbocycles. The molecule has 1 aliphatic heterocycles. The molecule has 1 N–H and O–H groups in total. The smallest absolute Gasteiger partial charge is 0.244 e. The normalized spacial score (nSPS) is 21.3. The van der Waals surface area contributed by atoms with Gasteiger partial charge in [-0.25, -0.2) is 17.2 Å². The Morgan fingerprint density at radius 1 is 1.08 bits per heavy atom. The molecule has 0 bridgehead atoms. The van der Waals surface area contributed by atoms with Gasteiger partial charge in [0.15, 0.2) is 5.82 Å². The number of hydrogen-bond donors (Lipinski definition) is 1. The molecule has 0 aromatic heterocycles. The first kappa shape index (κ1) is 19.5. The highest BCUT2D eigenvalue weighted by molar-refractivity contribution is 7.89. The van der Waals surface area contributed by atoms with E-state index in [0.29, 0.717) is 18.4 Å². The van der Waals surface area contributed by atoms with Crippen molar-refractivity contribution in [3.8, 4) is 0 Å². The van der Waals surface area contributed by atoms with Crippen LogP contribution in [0.3, 0.4) is 0 Å². The van der Waals surface area contributed by atoms with Crippen molar-refractivity contribution in [2.24, 2.45) is 0 Å². The first-order chi connectivity index (χ1) is 12.3. The predicted octanol–water partition coefficient (Wildman–Crippen LogP) is 4.16. The molecule has 0 aliphatic carbocycles. The van der Waals surface area contributed by atoms with Crippen molar-refractivity contribution in [1.29, 1.82) is 0 Å². The van der Waals surface area contributed by atoms with Gasteiger partial charge in [0, 0.05) is 6.04 Å². The van der Waals surface area contributed by atoms with E-state index in [1.807, 2.05) is 0 Å². The zero-order valence-electron chi connectivity index (χ0n) is 13.4. The minimum Gasteiger partial charge on any atom is -0.395 e. The molecule has 1 aliphatic rings. The number of rotatable bonds is 4. The van der Waals surface area contributed by atoms with Crippen molar-refractivity contribution >= 4 is 33.2 Å². The average molecular weight is 422 g/mol. The molecule has 140 valence electrons. The first-order valence-electron chi connectivity index (χ1n) is 7.80. The summed E-state index contributed by atoms with van der Waals surface area (Å²) in [5.74, 6) is -1.33. The van der Waals surface area contributed by atoms with E-state index in [1.165, 1.54) is 28.6 Å². The molecule has 0 unspecified atom stereocenters. The standard InChI is InChI=1S/C17H15Cl2F2NO3S/c18-14-7-13(8-15(19)17(14)21)26(24,25)22-12(9-23)5-6-16(22)10-1-3-11(20)4-2-10/h1-4,7-8,12,16,23H,5-6,9H2/t12-,16+/m0/s1. The quantitative estimate of drug-likeness (QED) is 0.753. The fourth-order valence-corrected chi connectivity index (χ4v) is 5.72. The second kappa shape index (κ2) is 7.40. The van der Waals surface area contributed by atoms with Crippen LogP contribution in [0.5, 0.6) is 0 Å². The number of aliphatic hydroxyl groups excluding tert-OH is 1. The third-order valence-electron chi connectivity index (χ3n) is 4.44. The second-order valence-corrected chi connectivity index (χ2v) is 8.67. The lowest BCUT2D eigenvalue weighted by molar-refractivity contribution is 0.197. The lowest BCUT2D eigenvalue weighted by Gasteiger charge is -2.29. The van der Waals surface area contributed by atoms with Crippen LogP contribution in [0.4, 0.5) is 8.78 Å². The predicted molar refractivity (Wildman–Crippen MR) is 94.7 cm³/mol. The Bertz CT molecular complexity index is 899. The highest BCUT2D eigenvalue weighted by atomic mass is 35.5. The molecule has 9 heteroatoms. The minimum absolute atomic E-state index is 0.263. The van der Waals surface area contributed by atoms with Crippen LogP contribution < -0.4 is 0 Å². The molecule has 4 nitrogen and oxygen atoms in total. The van der Waals surface area contributed by atoms with Crippen molar-refractivity contribution in [3.05, 3.63) is 63.6 Å². The number of hydrogen-bond acceptors (Lipinski definition) is 3. The van der Waals surface area contributed by atoms with E-state index in [-0.39, 0.29) is 11.5 Å². The number of sulfonamides is 1. The summed E-state index contributed by atoms with van der Waals surface area (Å²) in [7, 11) is -4.13. The highest BCUT2D eigenvalue weighted by Crippen LogP contribution is 2.41. The van der Waals surface area contributed by atoms with Gasteiger partial charge in [-0.15, -0.1) is 0 Å². The summed E-state index contributed by atoms with van der Waals surface area (Å²) in [4.78, 5) is -0.263. The van der Waals surface area contributed by atoms with Gasteiger partial charge in [0.05, 0.1) is 27.6 Å². The van der Waals surface area contributed by atoms with Crippen LogP contribution >= 0.6 is 23.2 Å². The average Bonchev–Trinajstić information content (AvgIpc) is 3.04. The number of benzene rings is 2. The summed E-state index contributed by atoms with van der Waals surface area (Å²) in [6, 6.07) is 6.26. The molecule has 0 radical (unpaired) electrons. The molecular weight excluding hydrogens is 407 g/mol. The van der Waals surface area contributed by atoms with E-state index in [9.17, 15) is 22.3 Å². The molecule has 3 rings (SSSR count). The molecule has 0 spiro atoms. The summed E-state index contributed by atoms with van der Waals surface area (Å²) in [5, 5.41) is 8.81.